The van der Waals surface area contributed by atoms with E-state index in [1.165, 1.54) is 0 Å². The minimum absolute atomic E-state index is 0.787. The van der Waals surface area contributed by atoms with Gasteiger partial charge in [0, 0.05) is 12.2 Å². The van der Waals surface area contributed by atoms with E-state index in [0.717, 1.165) is 48.8 Å². The second-order valence-electron chi connectivity index (χ2n) is 4.40. The van der Waals surface area contributed by atoms with Crippen LogP contribution in [0.3, 0.4) is 0 Å². The number of hydrogen-bond donors (Lipinski definition) is 1. The van der Waals surface area contributed by atoms with E-state index >= 15 is 0 Å². The second kappa shape index (κ2) is 5.87. The first-order valence-corrected chi connectivity index (χ1v) is 6.58. The molecular formula is C14H21N3O. The van der Waals surface area contributed by atoms with Crippen LogP contribution in [0.2, 0.25) is 0 Å². The SMILES string of the molecule is CCCNCc1ccc(-c2cnn(CC)c2C)o1. The van der Waals surface area contributed by atoms with Crippen LogP contribution < -0.4 is 5.32 Å². The van der Waals surface area contributed by atoms with Crippen LogP contribution in [0.1, 0.15) is 31.7 Å². The Bertz CT molecular complexity index is 499. The van der Waals surface area contributed by atoms with Crippen molar-refractivity contribution in [2.24, 2.45) is 0 Å². The number of rotatable bonds is 6. The number of nitrogens with zero attached hydrogens (tertiary/aromatic N) is 2. The van der Waals surface area contributed by atoms with Gasteiger partial charge in [0.05, 0.1) is 18.3 Å². The highest BCUT2D eigenvalue weighted by Crippen LogP contribution is 2.25. The quantitative estimate of drug-likeness (QED) is 0.798. The Hall–Kier alpha value is -1.55. The number of hydrogen-bond acceptors (Lipinski definition) is 3. The Morgan fingerprint density at radius 2 is 2.17 bits per heavy atom. The van der Waals surface area contributed by atoms with Crippen molar-refractivity contribution in [2.75, 3.05) is 6.54 Å². The summed E-state index contributed by atoms with van der Waals surface area (Å²) in [7, 11) is 0. The van der Waals surface area contributed by atoms with Crippen LogP contribution in [0.5, 0.6) is 0 Å². The van der Waals surface area contributed by atoms with Crippen molar-refractivity contribution in [2.45, 2.75) is 40.3 Å². The average molecular weight is 247 g/mol. The zero-order chi connectivity index (χ0) is 13.0. The van der Waals surface area contributed by atoms with Gasteiger partial charge in [-0.3, -0.25) is 4.68 Å². The third-order valence-corrected chi connectivity index (χ3v) is 3.06. The number of furan rings is 1. The zero-order valence-corrected chi connectivity index (χ0v) is 11.4. The van der Waals surface area contributed by atoms with Crippen LogP contribution in [0.25, 0.3) is 11.3 Å². The molecule has 4 heteroatoms. The molecule has 0 unspecified atom stereocenters. The molecule has 0 saturated carbocycles. The molecule has 18 heavy (non-hydrogen) atoms. The standard InChI is InChI=1S/C14H21N3O/c1-4-8-15-9-12-6-7-14(18-12)13-10-16-17(5-2)11(13)3/h6-7,10,15H,4-5,8-9H2,1-3H3. The van der Waals surface area contributed by atoms with Gasteiger partial charge >= 0.3 is 0 Å². The van der Waals surface area contributed by atoms with E-state index in [1.54, 1.807) is 0 Å². The minimum atomic E-state index is 0.787. The van der Waals surface area contributed by atoms with Crippen molar-refractivity contribution in [3.8, 4) is 11.3 Å². The molecule has 0 aliphatic carbocycles. The normalized spacial score (nSPS) is 11.1. The van der Waals surface area contributed by atoms with E-state index in [-0.39, 0.29) is 0 Å². The van der Waals surface area contributed by atoms with Gasteiger partial charge in [0.25, 0.3) is 0 Å². The van der Waals surface area contributed by atoms with Gasteiger partial charge in [-0.05, 0) is 38.9 Å². The van der Waals surface area contributed by atoms with Gasteiger partial charge in [-0.25, -0.2) is 0 Å². The lowest BCUT2D eigenvalue weighted by Crippen LogP contribution is -2.12. The van der Waals surface area contributed by atoms with Crippen molar-refractivity contribution in [1.82, 2.24) is 15.1 Å². The summed E-state index contributed by atoms with van der Waals surface area (Å²) in [5, 5.41) is 7.67. The first-order valence-electron chi connectivity index (χ1n) is 6.58. The molecule has 0 aliphatic rings. The molecule has 2 heterocycles. The Morgan fingerprint density at radius 3 is 2.83 bits per heavy atom. The van der Waals surface area contributed by atoms with Crippen molar-refractivity contribution in [1.29, 1.82) is 0 Å². The molecule has 0 radical (unpaired) electrons. The predicted octanol–water partition coefficient (Wildman–Crippen LogP) is 2.97. The average Bonchev–Trinajstić information content (AvgIpc) is 2.96. The summed E-state index contributed by atoms with van der Waals surface area (Å²) < 4.78 is 7.82. The van der Waals surface area contributed by atoms with Crippen LogP contribution in [0, 0.1) is 6.92 Å². The van der Waals surface area contributed by atoms with Gasteiger partial charge in [0.2, 0.25) is 0 Å². The highest BCUT2D eigenvalue weighted by atomic mass is 16.3. The van der Waals surface area contributed by atoms with Gasteiger partial charge in [0.1, 0.15) is 11.5 Å². The zero-order valence-electron chi connectivity index (χ0n) is 11.4. The molecule has 0 saturated heterocycles. The summed E-state index contributed by atoms with van der Waals surface area (Å²) in [5.41, 5.74) is 2.23. The lowest BCUT2D eigenvalue weighted by molar-refractivity contribution is 0.493. The van der Waals surface area contributed by atoms with Gasteiger partial charge in [-0.1, -0.05) is 6.92 Å². The number of aromatic nitrogens is 2. The fraction of sp³-hybridized carbons (Fsp3) is 0.500. The lowest BCUT2D eigenvalue weighted by Gasteiger charge is -2.01. The van der Waals surface area contributed by atoms with E-state index in [2.05, 4.69) is 31.2 Å². The van der Waals surface area contributed by atoms with Gasteiger partial charge < -0.3 is 9.73 Å². The topological polar surface area (TPSA) is 43.0 Å². The highest BCUT2D eigenvalue weighted by Gasteiger charge is 2.11. The van der Waals surface area contributed by atoms with Crippen LogP contribution in [0.15, 0.2) is 22.7 Å². The maximum absolute atomic E-state index is 5.84. The van der Waals surface area contributed by atoms with Crippen LogP contribution in [-0.2, 0) is 13.1 Å². The first kappa shape index (κ1) is 12.9. The summed E-state index contributed by atoms with van der Waals surface area (Å²) in [6.07, 6.45) is 3.01. The molecule has 2 aromatic heterocycles. The van der Waals surface area contributed by atoms with Gasteiger partial charge in [-0.2, -0.15) is 5.10 Å². The predicted molar refractivity (Wildman–Crippen MR) is 72.3 cm³/mol. The monoisotopic (exact) mass is 247 g/mol. The fourth-order valence-electron chi connectivity index (χ4n) is 2.01. The summed E-state index contributed by atoms with van der Waals surface area (Å²) in [6.45, 7) is 9.01. The lowest BCUT2D eigenvalue weighted by atomic mass is 10.2. The summed E-state index contributed by atoms with van der Waals surface area (Å²) in [5.74, 6) is 1.88. The molecule has 0 fully saturated rings. The fourth-order valence-corrected chi connectivity index (χ4v) is 2.01. The first-order chi connectivity index (χ1) is 8.76. The molecule has 0 aromatic carbocycles. The minimum Gasteiger partial charge on any atom is -0.460 e. The van der Waals surface area contributed by atoms with Crippen molar-refractivity contribution in [3.05, 3.63) is 29.8 Å². The third kappa shape index (κ3) is 2.64. The Balaban J connectivity index is 2.11. The third-order valence-electron chi connectivity index (χ3n) is 3.06. The molecule has 2 rings (SSSR count). The molecule has 0 amide bonds. The molecule has 0 spiro atoms. The van der Waals surface area contributed by atoms with E-state index in [0.29, 0.717) is 0 Å². The Labute approximate surface area is 108 Å². The molecule has 0 atom stereocenters. The maximum Gasteiger partial charge on any atom is 0.137 e. The Kier molecular flexibility index (Phi) is 4.20. The van der Waals surface area contributed by atoms with Crippen LogP contribution in [-0.4, -0.2) is 16.3 Å². The molecular weight excluding hydrogens is 226 g/mol. The van der Waals surface area contributed by atoms with E-state index < -0.39 is 0 Å². The van der Waals surface area contributed by atoms with E-state index in [9.17, 15) is 0 Å². The largest absolute Gasteiger partial charge is 0.460 e. The smallest absolute Gasteiger partial charge is 0.137 e. The van der Waals surface area contributed by atoms with Gasteiger partial charge in [-0.15, -0.1) is 0 Å². The van der Waals surface area contributed by atoms with Crippen molar-refractivity contribution in [3.63, 3.8) is 0 Å². The summed E-state index contributed by atoms with van der Waals surface area (Å²) >= 11 is 0. The number of aryl methyl sites for hydroxylation is 1. The molecule has 4 nitrogen and oxygen atoms in total. The van der Waals surface area contributed by atoms with Crippen LogP contribution >= 0.6 is 0 Å². The van der Waals surface area contributed by atoms with Gasteiger partial charge in [0.15, 0.2) is 0 Å². The highest BCUT2D eigenvalue weighted by molar-refractivity contribution is 5.59. The molecule has 0 bridgehead atoms. The Morgan fingerprint density at radius 1 is 1.33 bits per heavy atom. The summed E-state index contributed by atoms with van der Waals surface area (Å²) in [4.78, 5) is 0. The maximum atomic E-state index is 5.84. The van der Waals surface area contributed by atoms with E-state index in [1.807, 2.05) is 23.0 Å². The molecule has 98 valence electrons. The second-order valence-corrected chi connectivity index (χ2v) is 4.40. The molecule has 2 aromatic rings. The molecule has 1 N–H and O–H groups in total. The van der Waals surface area contributed by atoms with E-state index in [4.69, 9.17) is 4.42 Å². The van der Waals surface area contributed by atoms with Crippen molar-refractivity contribution >= 4 is 0 Å². The van der Waals surface area contributed by atoms with Crippen molar-refractivity contribution < 1.29 is 4.42 Å². The number of nitrogens with one attached hydrogen (secondary N) is 1. The van der Waals surface area contributed by atoms with Crippen LogP contribution in [0.4, 0.5) is 0 Å². The summed E-state index contributed by atoms with van der Waals surface area (Å²) in [6, 6.07) is 4.05. The molecule has 0 aliphatic heterocycles.